The van der Waals surface area contributed by atoms with Gasteiger partial charge in [-0.15, -0.1) is 0 Å². The van der Waals surface area contributed by atoms with Crippen molar-refractivity contribution < 1.29 is 19.1 Å². The summed E-state index contributed by atoms with van der Waals surface area (Å²) in [7, 11) is 0. The van der Waals surface area contributed by atoms with Crippen molar-refractivity contribution in [3.05, 3.63) is 0 Å². The van der Waals surface area contributed by atoms with E-state index >= 15 is 0 Å². The summed E-state index contributed by atoms with van der Waals surface area (Å²) in [6.07, 6.45) is 1.72. The molecule has 0 N–H and O–H groups in total. The number of amides is 1. The van der Waals surface area contributed by atoms with Gasteiger partial charge in [-0.1, -0.05) is 0 Å². The van der Waals surface area contributed by atoms with E-state index in [4.69, 9.17) is 9.47 Å². The highest BCUT2D eigenvalue weighted by Gasteiger charge is 2.44. The monoisotopic (exact) mass is 298 g/mol. The van der Waals surface area contributed by atoms with Gasteiger partial charge in [-0.2, -0.15) is 0 Å². The summed E-state index contributed by atoms with van der Waals surface area (Å²) in [6.45, 7) is 9.59. The smallest absolute Gasteiger partial charge is 0.410 e. The second-order valence-corrected chi connectivity index (χ2v) is 6.77. The predicted octanol–water partition coefficient (Wildman–Crippen LogP) is 1.63. The molecular formula is C15H26N2O4. The summed E-state index contributed by atoms with van der Waals surface area (Å²) in [5.74, 6) is -0.192. The topological polar surface area (TPSA) is 59.1 Å². The third-order valence-corrected chi connectivity index (χ3v) is 3.82. The molecule has 2 saturated heterocycles. The van der Waals surface area contributed by atoms with E-state index in [0.29, 0.717) is 26.2 Å². The number of fused-ring (bicyclic) bond motifs is 2. The molecule has 0 aromatic carbocycles. The largest absolute Gasteiger partial charge is 0.465 e. The maximum Gasteiger partial charge on any atom is 0.410 e. The van der Waals surface area contributed by atoms with Crippen molar-refractivity contribution >= 4 is 12.1 Å². The summed E-state index contributed by atoms with van der Waals surface area (Å²) >= 11 is 0. The summed E-state index contributed by atoms with van der Waals surface area (Å²) in [5.41, 5.74) is -0.474. The number of carbonyl (C=O) groups is 2. The summed E-state index contributed by atoms with van der Waals surface area (Å²) in [5, 5.41) is 0. The fourth-order valence-corrected chi connectivity index (χ4v) is 3.12. The van der Waals surface area contributed by atoms with Crippen LogP contribution >= 0.6 is 0 Å². The Hall–Kier alpha value is -1.30. The molecule has 0 aromatic heterocycles. The Morgan fingerprint density at radius 1 is 1.14 bits per heavy atom. The summed E-state index contributed by atoms with van der Waals surface area (Å²) < 4.78 is 10.5. The molecule has 0 spiro atoms. The number of hydrogen-bond donors (Lipinski definition) is 0. The number of nitrogens with zero attached hydrogens (tertiary/aromatic N) is 2. The van der Waals surface area contributed by atoms with Crippen molar-refractivity contribution in [2.75, 3.05) is 26.2 Å². The van der Waals surface area contributed by atoms with Crippen LogP contribution in [0.25, 0.3) is 0 Å². The van der Waals surface area contributed by atoms with E-state index in [1.807, 2.05) is 32.6 Å². The van der Waals surface area contributed by atoms with Crippen LogP contribution in [0.2, 0.25) is 0 Å². The molecule has 2 bridgehead atoms. The van der Waals surface area contributed by atoms with E-state index in [1.165, 1.54) is 0 Å². The molecule has 120 valence electrons. The van der Waals surface area contributed by atoms with Crippen molar-refractivity contribution in [2.45, 2.75) is 58.2 Å². The number of likely N-dealkylation sites (tertiary alicyclic amines) is 1. The first kappa shape index (κ1) is 16.1. The van der Waals surface area contributed by atoms with Crippen molar-refractivity contribution in [1.29, 1.82) is 0 Å². The highest BCUT2D eigenvalue weighted by atomic mass is 16.6. The van der Waals surface area contributed by atoms with E-state index in [9.17, 15) is 9.59 Å². The fraction of sp³-hybridized carbons (Fsp3) is 0.867. The zero-order chi connectivity index (χ0) is 15.6. The fourth-order valence-electron chi connectivity index (χ4n) is 3.12. The first-order valence-electron chi connectivity index (χ1n) is 7.69. The Labute approximate surface area is 126 Å². The third-order valence-electron chi connectivity index (χ3n) is 3.82. The minimum absolute atomic E-state index is 0.146. The molecule has 2 heterocycles. The van der Waals surface area contributed by atoms with Crippen molar-refractivity contribution in [2.24, 2.45) is 0 Å². The van der Waals surface area contributed by atoms with Crippen LogP contribution in [0.5, 0.6) is 0 Å². The van der Waals surface area contributed by atoms with Crippen LogP contribution < -0.4 is 0 Å². The van der Waals surface area contributed by atoms with Gasteiger partial charge in [-0.05, 0) is 40.5 Å². The van der Waals surface area contributed by atoms with Gasteiger partial charge in [0.05, 0.1) is 13.2 Å². The quantitative estimate of drug-likeness (QED) is 0.741. The maximum atomic E-state index is 12.3. The zero-order valence-electron chi connectivity index (χ0n) is 13.4. The van der Waals surface area contributed by atoms with E-state index in [1.54, 1.807) is 0 Å². The Bertz CT molecular complexity index is 391. The number of esters is 1. The first-order chi connectivity index (χ1) is 9.80. The van der Waals surface area contributed by atoms with E-state index in [0.717, 1.165) is 12.8 Å². The Morgan fingerprint density at radius 3 is 2.19 bits per heavy atom. The number of ether oxygens (including phenoxy) is 2. The van der Waals surface area contributed by atoms with Gasteiger partial charge in [-0.25, -0.2) is 4.79 Å². The van der Waals surface area contributed by atoms with Gasteiger partial charge in [0, 0.05) is 25.2 Å². The Balaban J connectivity index is 1.93. The molecule has 0 unspecified atom stereocenters. The molecule has 6 heteroatoms. The van der Waals surface area contributed by atoms with Crippen molar-refractivity contribution in [3.8, 4) is 0 Å². The normalized spacial score (nSPS) is 25.8. The van der Waals surface area contributed by atoms with Crippen LogP contribution in [-0.4, -0.2) is 65.8 Å². The molecule has 2 fully saturated rings. The minimum atomic E-state index is -0.474. The van der Waals surface area contributed by atoms with E-state index in [-0.39, 0.29) is 24.1 Å². The van der Waals surface area contributed by atoms with Crippen LogP contribution in [0.15, 0.2) is 0 Å². The lowest BCUT2D eigenvalue weighted by molar-refractivity contribution is -0.145. The van der Waals surface area contributed by atoms with Crippen LogP contribution in [0.1, 0.15) is 40.5 Å². The lowest BCUT2D eigenvalue weighted by Gasteiger charge is -2.40. The molecule has 2 aliphatic rings. The van der Waals surface area contributed by atoms with Gasteiger partial charge < -0.3 is 9.47 Å². The zero-order valence-corrected chi connectivity index (χ0v) is 13.4. The van der Waals surface area contributed by atoms with Crippen LogP contribution in [0.4, 0.5) is 4.79 Å². The highest BCUT2D eigenvalue weighted by Crippen LogP contribution is 2.31. The van der Waals surface area contributed by atoms with Crippen molar-refractivity contribution in [1.82, 2.24) is 9.80 Å². The van der Waals surface area contributed by atoms with E-state index in [2.05, 4.69) is 4.90 Å². The van der Waals surface area contributed by atoms with Crippen molar-refractivity contribution in [3.63, 3.8) is 0 Å². The summed E-state index contributed by atoms with van der Waals surface area (Å²) in [4.78, 5) is 27.8. The van der Waals surface area contributed by atoms with Gasteiger partial charge >= 0.3 is 12.1 Å². The standard InChI is InChI=1S/C15H26N2O4/c1-5-20-13(18)10-16-8-11-6-7-12(9-16)17(11)14(19)21-15(2,3)4/h11-12H,5-10H2,1-4H3/t11-,12+. The molecule has 21 heavy (non-hydrogen) atoms. The number of carbonyl (C=O) groups excluding carboxylic acids is 2. The number of piperazine rings is 1. The molecule has 2 atom stereocenters. The van der Waals surface area contributed by atoms with Gasteiger partial charge in [0.15, 0.2) is 0 Å². The third kappa shape index (κ3) is 4.09. The van der Waals surface area contributed by atoms with Crippen LogP contribution in [-0.2, 0) is 14.3 Å². The average molecular weight is 298 g/mol. The Morgan fingerprint density at radius 2 is 1.71 bits per heavy atom. The Kier molecular flexibility index (Phi) is 4.76. The molecule has 0 saturated carbocycles. The van der Waals surface area contributed by atoms with Crippen LogP contribution in [0, 0.1) is 0 Å². The molecule has 0 aromatic rings. The lowest BCUT2D eigenvalue weighted by atomic mass is 10.2. The number of rotatable bonds is 3. The lowest BCUT2D eigenvalue weighted by Crippen LogP contribution is -2.57. The SMILES string of the molecule is CCOC(=O)CN1C[C@H]2CC[C@@H](C1)N2C(=O)OC(C)(C)C. The average Bonchev–Trinajstić information content (AvgIpc) is 2.60. The van der Waals surface area contributed by atoms with Gasteiger partial charge in [0.2, 0.25) is 0 Å². The highest BCUT2D eigenvalue weighted by molar-refractivity contribution is 5.72. The molecule has 2 aliphatic heterocycles. The molecule has 6 nitrogen and oxygen atoms in total. The van der Waals surface area contributed by atoms with Gasteiger partial charge in [0.25, 0.3) is 0 Å². The minimum Gasteiger partial charge on any atom is -0.465 e. The molecule has 1 amide bonds. The maximum absolute atomic E-state index is 12.3. The molecule has 0 radical (unpaired) electrons. The summed E-state index contributed by atoms with van der Waals surface area (Å²) in [6, 6.07) is 0.293. The first-order valence-corrected chi connectivity index (χ1v) is 7.69. The van der Waals surface area contributed by atoms with Gasteiger partial charge in [0.1, 0.15) is 5.60 Å². The number of hydrogen-bond acceptors (Lipinski definition) is 5. The molecular weight excluding hydrogens is 272 g/mol. The van der Waals surface area contributed by atoms with Gasteiger partial charge in [-0.3, -0.25) is 14.6 Å². The second kappa shape index (κ2) is 6.22. The predicted molar refractivity (Wildman–Crippen MR) is 78.0 cm³/mol. The second-order valence-electron chi connectivity index (χ2n) is 6.77. The van der Waals surface area contributed by atoms with E-state index < -0.39 is 5.60 Å². The molecule has 2 rings (SSSR count). The van der Waals surface area contributed by atoms with Crippen LogP contribution in [0.3, 0.4) is 0 Å². The molecule has 0 aliphatic carbocycles.